The Morgan fingerprint density at radius 2 is 1.38 bits per heavy atom. The summed E-state index contributed by atoms with van der Waals surface area (Å²) in [5, 5.41) is 16.0. The maximum absolute atomic E-state index is 12.1. The molecule has 1 aliphatic heterocycles. The minimum atomic E-state index is -0.760. The molecule has 3 aromatic rings. The summed E-state index contributed by atoms with van der Waals surface area (Å²) >= 11 is 0. The SMILES string of the molecule is CCC[C@H]1[C@H](c2ccccc2)N[C@H](c2ccccc2)C[C@@]1(O)Cc1ccccc1. The van der Waals surface area contributed by atoms with Gasteiger partial charge in [-0.25, -0.2) is 0 Å². The van der Waals surface area contributed by atoms with Crippen LogP contribution in [-0.2, 0) is 6.42 Å². The molecule has 0 amide bonds. The number of hydrogen-bond acceptors (Lipinski definition) is 2. The van der Waals surface area contributed by atoms with Gasteiger partial charge >= 0.3 is 0 Å². The van der Waals surface area contributed by atoms with E-state index in [1.165, 1.54) is 16.7 Å². The predicted octanol–water partition coefficient (Wildman–Crippen LogP) is 5.85. The highest BCUT2D eigenvalue weighted by Crippen LogP contribution is 2.46. The van der Waals surface area contributed by atoms with Gasteiger partial charge in [0.2, 0.25) is 0 Å². The highest BCUT2D eigenvalue weighted by molar-refractivity contribution is 5.28. The highest BCUT2D eigenvalue weighted by atomic mass is 16.3. The normalized spacial score (nSPS) is 26.9. The van der Waals surface area contributed by atoms with E-state index in [0.717, 1.165) is 19.3 Å². The van der Waals surface area contributed by atoms with Gasteiger partial charge in [-0.2, -0.15) is 0 Å². The van der Waals surface area contributed by atoms with Crippen molar-refractivity contribution in [2.45, 2.75) is 50.3 Å². The summed E-state index contributed by atoms with van der Waals surface area (Å²) in [6.07, 6.45) is 3.47. The lowest BCUT2D eigenvalue weighted by Gasteiger charge is -2.49. The number of aliphatic hydroxyl groups is 1. The van der Waals surface area contributed by atoms with E-state index in [9.17, 15) is 5.11 Å². The summed E-state index contributed by atoms with van der Waals surface area (Å²) in [5.74, 6) is 0.162. The van der Waals surface area contributed by atoms with Crippen LogP contribution in [0.25, 0.3) is 0 Å². The van der Waals surface area contributed by atoms with E-state index in [1.54, 1.807) is 0 Å². The number of hydrogen-bond donors (Lipinski definition) is 2. The molecule has 0 aromatic heterocycles. The average molecular weight is 386 g/mol. The van der Waals surface area contributed by atoms with Crippen LogP contribution in [0.15, 0.2) is 91.0 Å². The summed E-state index contributed by atoms with van der Waals surface area (Å²) in [6, 6.07) is 31.9. The molecule has 3 aromatic carbocycles. The van der Waals surface area contributed by atoms with E-state index in [4.69, 9.17) is 0 Å². The highest BCUT2D eigenvalue weighted by Gasteiger charge is 2.47. The molecule has 4 atom stereocenters. The van der Waals surface area contributed by atoms with Crippen molar-refractivity contribution in [1.29, 1.82) is 0 Å². The Morgan fingerprint density at radius 3 is 1.97 bits per heavy atom. The summed E-state index contributed by atoms with van der Waals surface area (Å²) in [5.41, 5.74) is 2.95. The maximum Gasteiger partial charge on any atom is 0.0752 e. The number of nitrogens with one attached hydrogen (secondary N) is 1. The predicted molar refractivity (Wildman–Crippen MR) is 120 cm³/mol. The van der Waals surface area contributed by atoms with Crippen LogP contribution in [0.2, 0.25) is 0 Å². The van der Waals surface area contributed by atoms with E-state index in [1.807, 2.05) is 6.07 Å². The lowest BCUT2D eigenvalue weighted by Crippen LogP contribution is -2.54. The Balaban J connectivity index is 1.75. The van der Waals surface area contributed by atoms with Crippen molar-refractivity contribution in [1.82, 2.24) is 5.32 Å². The fraction of sp³-hybridized carbons (Fsp3) is 0.333. The summed E-state index contributed by atoms with van der Waals surface area (Å²) in [6.45, 7) is 2.22. The third-order valence-electron chi connectivity index (χ3n) is 6.34. The summed E-state index contributed by atoms with van der Waals surface area (Å²) in [4.78, 5) is 0. The average Bonchev–Trinajstić information content (AvgIpc) is 2.77. The standard InChI is InChI=1S/C27H31NO/c1-2-12-24-26(23-17-10-5-11-18-23)28-25(22-15-8-4-9-16-22)20-27(24,29)19-21-13-6-3-7-14-21/h3-11,13-18,24-26,28-29H,2,12,19-20H2,1H3/t24-,25-,26-,27-/m0/s1. The van der Waals surface area contributed by atoms with Gasteiger partial charge in [0.25, 0.3) is 0 Å². The first-order valence-corrected chi connectivity index (χ1v) is 10.8. The molecule has 150 valence electrons. The molecule has 1 fully saturated rings. The molecule has 2 nitrogen and oxygen atoms in total. The maximum atomic E-state index is 12.1. The van der Waals surface area contributed by atoms with E-state index < -0.39 is 5.60 Å². The molecule has 0 radical (unpaired) electrons. The van der Waals surface area contributed by atoms with E-state index in [2.05, 4.69) is 97.2 Å². The smallest absolute Gasteiger partial charge is 0.0752 e. The first-order chi connectivity index (χ1) is 14.2. The zero-order chi connectivity index (χ0) is 20.1. The summed E-state index contributed by atoms with van der Waals surface area (Å²) in [7, 11) is 0. The van der Waals surface area contributed by atoms with Crippen LogP contribution in [0.4, 0.5) is 0 Å². The molecule has 1 saturated heterocycles. The van der Waals surface area contributed by atoms with Gasteiger partial charge in [0, 0.05) is 24.4 Å². The van der Waals surface area contributed by atoms with Crippen molar-refractivity contribution in [3.05, 3.63) is 108 Å². The van der Waals surface area contributed by atoms with Crippen LogP contribution in [0, 0.1) is 5.92 Å². The van der Waals surface area contributed by atoms with Crippen LogP contribution in [-0.4, -0.2) is 10.7 Å². The minimum absolute atomic E-state index is 0.128. The lowest BCUT2D eigenvalue weighted by molar-refractivity contribution is -0.0780. The number of piperidine rings is 1. The van der Waals surface area contributed by atoms with E-state index >= 15 is 0 Å². The Labute approximate surface area is 174 Å². The monoisotopic (exact) mass is 385 g/mol. The number of benzene rings is 3. The van der Waals surface area contributed by atoms with Gasteiger partial charge in [-0.3, -0.25) is 0 Å². The molecule has 1 aliphatic rings. The van der Waals surface area contributed by atoms with Crippen LogP contribution in [0.3, 0.4) is 0 Å². The van der Waals surface area contributed by atoms with Crippen molar-refractivity contribution in [2.75, 3.05) is 0 Å². The van der Waals surface area contributed by atoms with Crippen LogP contribution >= 0.6 is 0 Å². The lowest BCUT2D eigenvalue weighted by atomic mass is 9.67. The quantitative estimate of drug-likeness (QED) is 0.558. The molecule has 29 heavy (non-hydrogen) atoms. The first-order valence-electron chi connectivity index (χ1n) is 10.8. The molecule has 0 aliphatic carbocycles. The second-order valence-electron chi connectivity index (χ2n) is 8.38. The second-order valence-corrected chi connectivity index (χ2v) is 8.38. The van der Waals surface area contributed by atoms with Gasteiger partial charge < -0.3 is 10.4 Å². The minimum Gasteiger partial charge on any atom is -0.389 e. The van der Waals surface area contributed by atoms with E-state index in [0.29, 0.717) is 6.42 Å². The van der Waals surface area contributed by atoms with Crippen molar-refractivity contribution >= 4 is 0 Å². The molecule has 0 bridgehead atoms. The van der Waals surface area contributed by atoms with Crippen LogP contribution in [0.5, 0.6) is 0 Å². The van der Waals surface area contributed by atoms with Crippen LogP contribution in [0.1, 0.15) is 55.0 Å². The van der Waals surface area contributed by atoms with Gasteiger partial charge in [-0.1, -0.05) is 104 Å². The Kier molecular flexibility index (Phi) is 6.13. The topological polar surface area (TPSA) is 32.3 Å². The van der Waals surface area contributed by atoms with Crippen molar-refractivity contribution in [2.24, 2.45) is 5.92 Å². The van der Waals surface area contributed by atoms with Gasteiger partial charge in [-0.15, -0.1) is 0 Å². The fourth-order valence-electron chi connectivity index (χ4n) is 4.99. The van der Waals surface area contributed by atoms with Crippen molar-refractivity contribution in [3.63, 3.8) is 0 Å². The first kappa shape index (κ1) is 19.9. The Hall–Kier alpha value is -2.42. The van der Waals surface area contributed by atoms with Gasteiger partial charge in [-0.05, 0) is 29.5 Å². The zero-order valence-corrected chi connectivity index (χ0v) is 17.2. The molecule has 2 heteroatoms. The third kappa shape index (κ3) is 4.44. The second kappa shape index (κ2) is 8.94. The van der Waals surface area contributed by atoms with Gasteiger partial charge in [0.1, 0.15) is 0 Å². The number of rotatable bonds is 6. The molecule has 4 rings (SSSR count). The third-order valence-corrected chi connectivity index (χ3v) is 6.34. The van der Waals surface area contributed by atoms with E-state index in [-0.39, 0.29) is 18.0 Å². The fourth-order valence-corrected chi connectivity index (χ4v) is 4.99. The molecular formula is C27H31NO. The Morgan fingerprint density at radius 1 is 0.828 bits per heavy atom. The summed E-state index contributed by atoms with van der Waals surface area (Å²) < 4.78 is 0. The van der Waals surface area contributed by atoms with Crippen molar-refractivity contribution in [3.8, 4) is 0 Å². The molecule has 1 heterocycles. The molecule has 2 N–H and O–H groups in total. The molecule has 0 saturated carbocycles. The van der Waals surface area contributed by atoms with Crippen molar-refractivity contribution < 1.29 is 5.11 Å². The van der Waals surface area contributed by atoms with Gasteiger partial charge in [0.05, 0.1) is 5.60 Å². The van der Waals surface area contributed by atoms with Gasteiger partial charge in [0.15, 0.2) is 0 Å². The Bertz CT molecular complexity index is 880. The molecular weight excluding hydrogens is 354 g/mol. The zero-order valence-electron chi connectivity index (χ0n) is 17.2. The molecule has 0 unspecified atom stereocenters. The van der Waals surface area contributed by atoms with Crippen LogP contribution < -0.4 is 5.32 Å². The largest absolute Gasteiger partial charge is 0.389 e. The molecule has 0 spiro atoms.